The molecule has 0 unspecified atom stereocenters. The highest BCUT2D eigenvalue weighted by molar-refractivity contribution is 14.1. The molecular formula is C14H12IN3. The molecule has 0 aliphatic heterocycles. The highest BCUT2D eigenvalue weighted by Gasteiger charge is 2.09. The summed E-state index contributed by atoms with van der Waals surface area (Å²) in [5.41, 5.74) is 3.21. The van der Waals surface area contributed by atoms with Gasteiger partial charge in [-0.15, -0.1) is 0 Å². The zero-order chi connectivity index (χ0) is 12.7. The highest BCUT2D eigenvalue weighted by Crippen LogP contribution is 2.26. The van der Waals surface area contributed by atoms with Crippen LogP contribution in [-0.2, 0) is 7.05 Å². The second kappa shape index (κ2) is 4.35. The van der Waals surface area contributed by atoms with Gasteiger partial charge in [0.05, 0.1) is 11.9 Å². The first kappa shape index (κ1) is 11.6. The molecule has 3 rings (SSSR count). The van der Waals surface area contributed by atoms with Crippen molar-refractivity contribution in [2.75, 3.05) is 0 Å². The largest absolute Gasteiger partial charge is 0.272 e. The predicted molar refractivity (Wildman–Crippen MR) is 81.4 cm³/mol. The summed E-state index contributed by atoms with van der Waals surface area (Å²) < 4.78 is 3.10. The summed E-state index contributed by atoms with van der Waals surface area (Å²) in [6, 6.07) is 8.42. The van der Waals surface area contributed by atoms with E-state index in [-0.39, 0.29) is 0 Å². The van der Waals surface area contributed by atoms with Gasteiger partial charge in [0.25, 0.3) is 0 Å². The zero-order valence-electron chi connectivity index (χ0n) is 10.2. The molecule has 0 saturated carbocycles. The maximum absolute atomic E-state index is 4.55. The van der Waals surface area contributed by atoms with E-state index in [9.17, 15) is 0 Å². The standard InChI is InChI=1S/C14H12IN3/c1-9-11(8-17-18(9)2)14-6-10-4-3-5-13(15)12(10)7-16-14/h3-8H,1-2H3. The predicted octanol–water partition coefficient (Wildman–Crippen LogP) is 3.55. The summed E-state index contributed by atoms with van der Waals surface area (Å²) >= 11 is 2.34. The van der Waals surface area contributed by atoms with Crippen LogP contribution in [0.15, 0.2) is 36.7 Å². The minimum absolute atomic E-state index is 0.982. The number of nitrogens with zero attached hydrogens (tertiary/aromatic N) is 3. The van der Waals surface area contributed by atoms with Crippen LogP contribution < -0.4 is 0 Å². The molecule has 0 atom stereocenters. The summed E-state index contributed by atoms with van der Waals surface area (Å²) in [7, 11) is 1.95. The fourth-order valence-electron chi connectivity index (χ4n) is 2.03. The third-order valence-corrected chi connectivity index (χ3v) is 4.16. The molecule has 0 amide bonds. The number of hydrogen-bond donors (Lipinski definition) is 0. The van der Waals surface area contributed by atoms with E-state index in [4.69, 9.17) is 0 Å². The molecule has 3 aromatic rings. The van der Waals surface area contributed by atoms with Gasteiger partial charge in [-0.05, 0) is 47.0 Å². The van der Waals surface area contributed by atoms with E-state index < -0.39 is 0 Å². The Morgan fingerprint density at radius 1 is 1.22 bits per heavy atom. The fraction of sp³-hybridized carbons (Fsp3) is 0.143. The molecule has 2 aromatic heterocycles. The Morgan fingerprint density at radius 2 is 2.06 bits per heavy atom. The molecule has 0 saturated heterocycles. The van der Waals surface area contributed by atoms with Gasteiger partial charge < -0.3 is 0 Å². The van der Waals surface area contributed by atoms with E-state index in [0.717, 1.165) is 17.0 Å². The van der Waals surface area contributed by atoms with Gasteiger partial charge >= 0.3 is 0 Å². The first-order valence-corrected chi connectivity index (χ1v) is 6.78. The van der Waals surface area contributed by atoms with Gasteiger partial charge in [0.2, 0.25) is 0 Å². The third-order valence-electron chi connectivity index (χ3n) is 3.22. The molecule has 0 aliphatic carbocycles. The lowest BCUT2D eigenvalue weighted by molar-refractivity contribution is 0.740. The Balaban J connectivity index is 2.23. The zero-order valence-corrected chi connectivity index (χ0v) is 12.3. The maximum atomic E-state index is 4.55. The van der Waals surface area contributed by atoms with Crippen molar-refractivity contribution < 1.29 is 0 Å². The molecule has 4 heteroatoms. The van der Waals surface area contributed by atoms with Crippen molar-refractivity contribution in [1.82, 2.24) is 14.8 Å². The molecular weight excluding hydrogens is 337 g/mol. The van der Waals surface area contributed by atoms with Gasteiger partial charge in [-0.25, -0.2) is 0 Å². The molecule has 2 heterocycles. The van der Waals surface area contributed by atoms with Gasteiger partial charge in [-0.3, -0.25) is 9.67 Å². The molecule has 0 fully saturated rings. The molecule has 0 N–H and O–H groups in total. The van der Waals surface area contributed by atoms with E-state index in [0.29, 0.717) is 0 Å². The normalized spacial score (nSPS) is 11.1. The fourth-order valence-corrected chi connectivity index (χ4v) is 2.69. The quantitative estimate of drug-likeness (QED) is 0.629. The number of benzene rings is 1. The summed E-state index contributed by atoms with van der Waals surface area (Å²) in [5, 5.41) is 6.68. The van der Waals surface area contributed by atoms with Crippen molar-refractivity contribution in [3.63, 3.8) is 0 Å². The van der Waals surface area contributed by atoms with E-state index >= 15 is 0 Å². The lowest BCUT2D eigenvalue weighted by Gasteiger charge is -2.04. The molecule has 90 valence electrons. The van der Waals surface area contributed by atoms with E-state index in [1.54, 1.807) is 0 Å². The van der Waals surface area contributed by atoms with Crippen LogP contribution in [0, 0.1) is 10.5 Å². The second-order valence-electron chi connectivity index (χ2n) is 4.30. The number of halogens is 1. The van der Waals surface area contributed by atoms with Gasteiger partial charge in [-0.2, -0.15) is 5.10 Å². The summed E-state index contributed by atoms with van der Waals surface area (Å²) in [6.45, 7) is 2.06. The lowest BCUT2D eigenvalue weighted by atomic mass is 10.1. The van der Waals surface area contributed by atoms with Crippen LogP contribution >= 0.6 is 22.6 Å². The molecule has 0 aliphatic rings. The molecule has 0 spiro atoms. The number of pyridine rings is 1. The number of aromatic nitrogens is 3. The van der Waals surface area contributed by atoms with Crippen LogP contribution in [-0.4, -0.2) is 14.8 Å². The minimum Gasteiger partial charge on any atom is -0.272 e. The molecule has 18 heavy (non-hydrogen) atoms. The van der Waals surface area contributed by atoms with Crippen LogP contribution in [0.1, 0.15) is 5.69 Å². The number of hydrogen-bond acceptors (Lipinski definition) is 2. The van der Waals surface area contributed by atoms with Crippen molar-refractivity contribution in [3.05, 3.63) is 45.9 Å². The molecule has 0 radical (unpaired) electrons. The van der Waals surface area contributed by atoms with Crippen LogP contribution in [0.25, 0.3) is 22.0 Å². The van der Waals surface area contributed by atoms with Crippen molar-refractivity contribution in [2.24, 2.45) is 7.05 Å². The number of rotatable bonds is 1. The second-order valence-corrected chi connectivity index (χ2v) is 5.46. The van der Waals surface area contributed by atoms with Gasteiger partial charge in [0.1, 0.15) is 0 Å². The average Bonchev–Trinajstić information content (AvgIpc) is 2.70. The van der Waals surface area contributed by atoms with E-state index in [2.05, 4.69) is 63.9 Å². The monoisotopic (exact) mass is 349 g/mol. The van der Waals surface area contributed by atoms with Gasteiger partial charge in [0.15, 0.2) is 0 Å². The summed E-state index contributed by atoms with van der Waals surface area (Å²) in [5.74, 6) is 0. The van der Waals surface area contributed by atoms with Crippen molar-refractivity contribution in [3.8, 4) is 11.3 Å². The maximum Gasteiger partial charge on any atom is 0.0742 e. The van der Waals surface area contributed by atoms with Crippen molar-refractivity contribution >= 4 is 33.4 Å². The number of aryl methyl sites for hydroxylation is 1. The molecule has 1 aromatic carbocycles. The third kappa shape index (κ3) is 1.80. The Hall–Kier alpha value is -1.43. The first-order valence-electron chi connectivity index (χ1n) is 5.70. The van der Waals surface area contributed by atoms with Crippen molar-refractivity contribution in [1.29, 1.82) is 0 Å². The summed E-state index contributed by atoms with van der Waals surface area (Å²) in [6.07, 6.45) is 3.82. The van der Waals surface area contributed by atoms with Crippen molar-refractivity contribution in [2.45, 2.75) is 6.92 Å². The highest BCUT2D eigenvalue weighted by atomic mass is 127. The Morgan fingerprint density at radius 3 is 2.78 bits per heavy atom. The SMILES string of the molecule is Cc1c(-c2cc3cccc(I)c3cn2)cnn1C. The van der Waals surface area contributed by atoms with Crippen LogP contribution in [0.5, 0.6) is 0 Å². The molecule has 3 nitrogen and oxygen atoms in total. The topological polar surface area (TPSA) is 30.7 Å². The van der Waals surface area contributed by atoms with Crippen LogP contribution in [0.2, 0.25) is 0 Å². The Kier molecular flexibility index (Phi) is 2.81. The van der Waals surface area contributed by atoms with Gasteiger partial charge in [0, 0.05) is 33.5 Å². The van der Waals surface area contributed by atoms with Crippen LogP contribution in [0.3, 0.4) is 0 Å². The summed E-state index contributed by atoms with van der Waals surface area (Å²) in [4.78, 5) is 4.55. The van der Waals surface area contributed by atoms with Gasteiger partial charge in [-0.1, -0.05) is 12.1 Å². The number of fused-ring (bicyclic) bond motifs is 1. The van der Waals surface area contributed by atoms with Crippen LogP contribution in [0.4, 0.5) is 0 Å². The van der Waals surface area contributed by atoms with E-state index in [1.807, 2.05) is 24.1 Å². The Bertz CT molecular complexity index is 731. The Labute approximate surface area is 119 Å². The smallest absolute Gasteiger partial charge is 0.0742 e. The lowest BCUT2D eigenvalue weighted by Crippen LogP contribution is -1.93. The first-order chi connectivity index (χ1) is 8.66. The average molecular weight is 349 g/mol. The molecule has 0 bridgehead atoms. The minimum atomic E-state index is 0.982. The van der Waals surface area contributed by atoms with E-state index in [1.165, 1.54) is 14.3 Å².